The van der Waals surface area contributed by atoms with Crippen LogP contribution in [0.4, 0.5) is 0 Å². The van der Waals surface area contributed by atoms with Crippen LogP contribution >= 0.6 is 0 Å². The maximum atomic E-state index is 10.6. The Labute approximate surface area is 81.4 Å². The second kappa shape index (κ2) is 4.40. The molecule has 4 nitrogen and oxygen atoms in total. The fourth-order valence-electron chi connectivity index (χ4n) is 1.09. The summed E-state index contributed by atoms with van der Waals surface area (Å²) in [6, 6.07) is 6.21. The van der Waals surface area contributed by atoms with Gasteiger partial charge in [0.1, 0.15) is 12.0 Å². The van der Waals surface area contributed by atoms with Gasteiger partial charge in [0.05, 0.1) is 13.2 Å². The third-order valence-corrected chi connectivity index (χ3v) is 1.84. The van der Waals surface area contributed by atoms with E-state index >= 15 is 0 Å². The van der Waals surface area contributed by atoms with Crippen LogP contribution < -0.4 is 4.74 Å². The second-order valence-electron chi connectivity index (χ2n) is 2.64. The van der Waals surface area contributed by atoms with E-state index in [0.717, 1.165) is 0 Å². The molecule has 0 aliphatic heterocycles. The van der Waals surface area contributed by atoms with Gasteiger partial charge in [0.15, 0.2) is 6.10 Å². The van der Waals surface area contributed by atoms with Gasteiger partial charge in [0.2, 0.25) is 0 Å². The molecule has 1 unspecified atom stereocenters. The highest BCUT2D eigenvalue weighted by atomic mass is 16.5. The van der Waals surface area contributed by atoms with Crippen molar-refractivity contribution < 1.29 is 14.6 Å². The Balaban J connectivity index is 3.22. The van der Waals surface area contributed by atoms with E-state index in [4.69, 9.17) is 10.00 Å². The van der Waals surface area contributed by atoms with Crippen LogP contribution in [0.25, 0.3) is 0 Å². The summed E-state index contributed by atoms with van der Waals surface area (Å²) in [4.78, 5) is 10.6. The Morgan fingerprint density at radius 3 is 2.86 bits per heavy atom. The number of nitriles is 1. The Morgan fingerprint density at radius 1 is 1.64 bits per heavy atom. The number of aliphatic hydroxyl groups excluding tert-OH is 1. The number of aliphatic hydroxyl groups is 1. The molecule has 0 aliphatic rings. The molecule has 0 spiro atoms. The number of benzene rings is 1. The van der Waals surface area contributed by atoms with Crippen LogP contribution in [0.5, 0.6) is 5.75 Å². The summed E-state index contributed by atoms with van der Waals surface area (Å²) in [5.41, 5.74) is 0.557. The molecule has 0 heterocycles. The lowest BCUT2D eigenvalue weighted by Crippen LogP contribution is -1.99. The molecule has 4 heteroatoms. The van der Waals surface area contributed by atoms with Crippen molar-refractivity contribution in [3.8, 4) is 11.8 Å². The zero-order chi connectivity index (χ0) is 10.6. The van der Waals surface area contributed by atoms with Crippen molar-refractivity contribution in [3.63, 3.8) is 0 Å². The summed E-state index contributed by atoms with van der Waals surface area (Å²) < 4.78 is 4.91. The van der Waals surface area contributed by atoms with Crippen LogP contribution in [0.15, 0.2) is 18.2 Å². The number of hydrogen-bond acceptors (Lipinski definition) is 4. The summed E-state index contributed by atoms with van der Waals surface area (Å²) in [5.74, 6) is 0.500. The first-order valence-electron chi connectivity index (χ1n) is 3.93. The van der Waals surface area contributed by atoms with Crippen molar-refractivity contribution in [2.75, 3.05) is 7.11 Å². The van der Waals surface area contributed by atoms with E-state index in [-0.39, 0.29) is 5.56 Å². The number of carbonyl (C=O) groups excluding carboxylic acids is 1. The number of carbonyl (C=O) groups is 1. The quantitative estimate of drug-likeness (QED) is 0.573. The van der Waals surface area contributed by atoms with Gasteiger partial charge in [0.25, 0.3) is 0 Å². The predicted octanol–water partition coefficient (Wildman–Crippen LogP) is 1.06. The SMILES string of the molecule is COc1ccc(C=O)c(C(O)C#N)c1. The molecule has 0 aromatic heterocycles. The molecule has 1 aromatic rings. The van der Waals surface area contributed by atoms with Gasteiger partial charge in [0, 0.05) is 11.1 Å². The van der Waals surface area contributed by atoms with Crippen molar-refractivity contribution in [1.82, 2.24) is 0 Å². The van der Waals surface area contributed by atoms with Crippen LogP contribution in [-0.4, -0.2) is 18.5 Å². The number of rotatable bonds is 3. The standard InChI is InChI=1S/C10H9NO3/c1-14-8-3-2-7(6-12)9(4-8)10(13)5-11/h2-4,6,10,13H,1H3. The summed E-state index contributed by atoms with van der Waals surface area (Å²) in [5, 5.41) is 17.8. The molecule has 0 bridgehead atoms. The minimum atomic E-state index is -1.30. The largest absolute Gasteiger partial charge is 0.497 e. The molecular formula is C10H9NO3. The molecule has 1 N–H and O–H groups in total. The molecule has 72 valence electrons. The van der Waals surface area contributed by atoms with Crippen molar-refractivity contribution in [2.24, 2.45) is 0 Å². The number of ether oxygens (including phenoxy) is 1. The normalized spacial score (nSPS) is 11.5. The molecule has 0 radical (unpaired) electrons. The first-order valence-corrected chi connectivity index (χ1v) is 3.93. The molecular weight excluding hydrogens is 182 g/mol. The first kappa shape index (κ1) is 10.2. The Kier molecular flexibility index (Phi) is 3.21. The zero-order valence-electron chi connectivity index (χ0n) is 7.60. The maximum absolute atomic E-state index is 10.6. The average molecular weight is 191 g/mol. The minimum absolute atomic E-state index is 0.266. The van der Waals surface area contributed by atoms with E-state index in [1.807, 2.05) is 0 Å². The lowest BCUT2D eigenvalue weighted by Gasteiger charge is -2.07. The smallest absolute Gasteiger partial charge is 0.166 e. The number of hydrogen-bond donors (Lipinski definition) is 1. The predicted molar refractivity (Wildman–Crippen MR) is 49.0 cm³/mol. The van der Waals surface area contributed by atoms with Crippen LogP contribution in [0.2, 0.25) is 0 Å². The van der Waals surface area contributed by atoms with Gasteiger partial charge in [-0.2, -0.15) is 5.26 Å². The molecule has 1 aromatic carbocycles. The highest BCUT2D eigenvalue weighted by Crippen LogP contribution is 2.22. The van der Waals surface area contributed by atoms with Crippen LogP contribution in [0, 0.1) is 11.3 Å². The number of aldehydes is 1. The Bertz CT molecular complexity index is 381. The van der Waals surface area contributed by atoms with E-state index in [1.54, 1.807) is 12.1 Å². The number of methoxy groups -OCH3 is 1. The molecule has 0 fully saturated rings. The first-order chi connectivity index (χ1) is 6.72. The molecule has 1 rings (SSSR count). The molecule has 14 heavy (non-hydrogen) atoms. The minimum Gasteiger partial charge on any atom is -0.497 e. The van der Waals surface area contributed by atoms with Crippen molar-refractivity contribution in [2.45, 2.75) is 6.10 Å². The molecule has 1 atom stereocenters. The Hall–Kier alpha value is -1.86. The lowest BCUT2D eigenvalue weighted by molar-refractivity contribution is 0.111. The molecule has 0 aliphatic carbocycles. The van der Waals surface area contributed by atoms with Gasteiger partial charge < -0.3 is 9.84 Å². The second-order valence-corrected chi connectivity index (χ2v) is 2.64. The highest BCUT2D eigenvalue weighted by molar-refractivity contribution is 5.78. The number of nitrogens with zero attached hydrogens (tertiary/aromatic N) is 1. The van der Waals surface area contributed by atoms with Crippen molar-refractivity contribution >= 4 is 6.29 Å². The van der Waals surface area contributed by atoms with Crippen molar-refractivity contribution in [1.29, 1.82) is 5.26 Å². The van der Waals surface area contributed by atoms with Crippen LogP contribution in [-0.2, 0) is 0 Å². The van der Waals surface area contributed by atoms with E-state index in [1.165, 1.54) is 19.2 Å². The molecule has 0 saturated carbocycles. The van der Waals surface area contributed by atoms with Crippen LogP contribution in [0.3, 0.4) is 0 Å². The fourth-order valence-corrected chi connectivity index (χ4v) is 1.09. The van der Waals surface area contributed by atoms with E-state index in [0.29, 0.717) is 17.6 Å². The average Bonchev–Trinajstić information content (AvgIpc) is 2.27. The summed E-state index contributed by atoms with van der Waals surface area (Å²) in [6.07, 6.45) is -0.708. The fraction of sp³-hybridized carbons (Fsp3) is 0.200. The lowest BCUT2D eigenvalue weighted by atomic mass is 10.0. The third kappa shape index (κ3) is 1.90. The van der Waals surface area contributed by atoms with Crippen molar-refractivity contribution in [3.05, 3.63) is 29.3 Å². The van der Waals surface area contributed by atoms with E-state index in [2.05, 4.69) is 0 Å². The van der Waals surface area contributed by atoms with Gasteiger partial charge in [-0.05, 0) is 18.2 Å². The van der Waals surface area contributed by atoms with E-state index in [9.17, 15) is 9.90 Å². The topological polar surface area (TPSA) is 70.3 Å². The van der Waals surface area contributed by atoms with Gasteiger partial charge in [-0.25, -0.2) is 0 Å². The van der Waals surface area contributed by atoms with Gasteiger partial charge in [-0.1, -0.05) is 0 Å². The molecule has 0 saturated heterocycles. The summed E-state index contributed by atoms with van der Waals surface area (Å²) in [6.45, 7) is 0. The Morgan fingerprint density at radius 2 is 2.36 bits per heavy atom. The summed E-state index contributed by atoms with van der Waals surface area (Å²) in [7, 11) is 1.47. The third-order valence-electron chi connectivity index (χ3n) is 1.84. The van der Waals surface area contributed by atoms with Gasteiger partial charge in [-0.3, -0.25) is 4.79 Å². The zero-order valence-corrected chi connectivity index (χ0v) is 7.60. The van der Waals surface area contributed by atoms with E-state index < -0.39 is 6.10 Å². The van der Waals surface area contributed by atoms with Crippen LogP contribution in [0.1, 0.15) is 22.0 Å². The molecule has 0 amide bonds. The monoisotopic (exact) mass is 191 g/mol. The van der Waals surface area contributed by atoms with Gasteiger partial charge >= 0.3 is 0 Å². The highest BCUT2D eigenvalue weighted by Gasteiger charge is 2.11. The maximum Gasteiger partial charge on any atom is 0.166 e. The van der Waals surface area contributed by atoms with Gasteiger partial charge in [-0.15, -0.1) is 0 Å². The summed E-state index contributed by atoms with van der Waals surface area (Å²) >= 11 is 0.